The van der Waals surface area contributed by atoms with Crippen LogP contribution in [0.2, 0.25) is 5.02 Å². The Kier molecular flexibility index (Phi) is 2.96. The van der Waals surface area contributed by atoms with Crippen molar-refractivity contribution in [2.75, 3.05) is 18.1 Å². The molecule has 5 heteroatoms. The summed E-state index contributed by atoms with van der Waals surface area (Å²) in [4.78, 5) is 16.7. The van der Waals surface area contributed by atoms with Gasteiger partial charge in [-0.25, -0.2) is 9.66 Å². The van der Waals surface area contributed by atoms with Crippen molar-refractivity contribution in [3.8, 4) is 0 Å². The van der Waals surface area contributed by atoms with E-state index < -0.39 is 0 Å². The minimum Gasteiger partial charge on any atom is -0.309 e. The Morgan fingerprint density at radius 2 is 1.94 bits per heavy atom. The molecule has 0 N–H and O–H groups in total. The Morgan fingerprint density at radius 3 is 2.72 bits per heavy atom. The number of fused-ring (bicyclic) bond motifs is 1. The second-order valence-corrected chi connectivity index (χ2v) is 5.01. The van der Waals surface area contributed by atoms with Gasteiger partial charge in [-0.1, -0.05) is 11.6 Å². The van der Waals surface area contributed by atoms with Crippen molar-refractivity contribution >= 4 is 22.5 Å². The van der Waals surface area contributed by atoms with Crippen molar-refractivity contribution in [1.82, 2.24) is 9.66 Å². The van der Waals surface area contributed by atoms with E-state index in [1.807, 2.05) is 0 Å². The minimum absolute atomic E-state index is 0.0376. The van der Waals surface area contributed by atoms with E-state index in [1.165, 1.54) is 6.42 Å². The first-order valence-electron chi connectivity index (χ1n) is 6.18. The molecule has 18 heavy (non-hydrogen) atoms. The van der Waals surface area contributed by atoms with Crippen LogP contribution in [-0.2, 0) is 0 Å². The quantitative estimate of drug-likeness (QED) is 0.791. The maximum atomic E-state index is 12.4. The molecule has 0 aliphatic carbocycles. The fourth-order valence-corrected chi connectivity index (χ4v) is 2.55. The SMILES string of the molecule is O=c1c2cc(Cl)ccc2ncn1N1CCCCC1. The summed E-state index contributed by atoms with van der Waals surface area (Å²) in [7, 11) is 0. The van der Waals surface area contributed by atoms with Crippen molar-refractivity contribution in [2.24, 2.45) is 0 Å². The third kappa shape index (κ3) is 1.97. The second kappa shape index (κ2) is 4.61. The molecule has 2 heterocycles. The number of aromatic nitrogens is 2. The number of rotatable bonds is 1. The van der Waals surface area contributed by atoms with Crippen LogP contribution in [0, 0.1) is 0 Å². The van der Waals surface area contributed by atoms with E-state index in [0.29, 0.717) is 15.9 Å². The molecule has 0 amide bonds. The third-order valence-corrected chi connectivity index (χ3v) is 3.58. The Bertz CT molecular complexity index is 632. The number of benzene rings is 1. The summed E-state index contributed by atoms with van der Waals surface area (Å²) in [6.07, 6.45) is 5.10. The molecule has 0 radical (unpaired) electrons. The highest BCUT2D eigenvalue weighted by atomic mass is 35.5. The van der Waals surface area contributed by atoms with E-state index >= 15 is 0 Å². The molecule has 0 bridgehead atoms. The van der Waals surface area contributed by atoms with Gasteiger partial charge in [-0.15, -0.1) is 0 Å². The van der Waals surface area contributed by atoms with Crippen molar-refractivity contribution in [1.29, 1.82) is 0 Å². The van der Waals surface area contributed by atoms with E-state index in [-0.39, 0.29) is 5.56 Å². The Morgan fingerprint density at radius 1 is 1.17 bits per heavy atom. The first kappa shape index (κ1) is 11.5. The maximum Gasteiger partial charge on any atom is 0.279 e. The molecular weight excluding hydrogens is 250 g/mol. The summed E-state index contributed by atoms with van der Waals surface area (Å²) >= 11 is 5.94. The molecule has 1 aliphatic rings. The highest BCUT2D eigenvalue weighted by molar-refractivity contribution is 6.31. The van der Waals surface area contributed by atoms with E-state index in [4.69, 9.17) is 11.6 Å². The molecule has 0 atom stereocenters. The Hall–Kier alpha value is -1.55. The van der Waals surface area contributed by atoms with Gasteiger partial charge in [0, 0.05) is 18.1 Å². The van der Waals surface area contributed by atoms with Gasteiger partial charge in [-0.2, -0.15) is 0 Å². The van der Waals surface area contributed by atoms with Crippen LogP contribution in [-0.4, -0.2) is 22.7 Å². The van der Waals surface area contributed by atoms with Crippen LogP contribution in [0.25, 0.3) is 10.9 Å². The molecule has 0 saturated carbocycles. The molecule has 4 nitrogen and oxygen atoms in total. The lowest BCUT2D eigenvalue weighted by molar-refractivity contribution is 0.468. The highest BCUT2D eigenvalue weighted by Crippen LogP contribution is 2.14. The predicted molar refractivity (Wildman–Crippen MR) is 72.8 cm³/mol. The molecule has 3 rings (SSSR count). The van der Waals surface area contributed by atoms with Gasteiger partial charge in [0.05, 0.1) is 10.9 Å². The van der Waals surface area contributed by atoms with Crippen LogP contribution in [0.5, 0.6) is 0 Å². The van der Waals surface area contributed by atoms with Crippen LogP contribution in [0.3, 0.4) is 0 Å². The number of hydrogen-bond acceptors (Lipinski definition) is 3. The average molecular weight is 264 g/mol. The second-order valence-electron chi connectivity index (χ2n) is 4.57. The molecule has 94 valence electrons. The minimum atomic E-state index is -0.0376. The zero-order valence-corrected chi connectivity index (χ0v) is 10.7. The monoisotopic (exact) mass is 263 g/mol. The highest BCUT2D eigenvalue weighted by Gasteiger charge is 2.13. The fraction of sp³-hybridized carbons (Fsp3) is 0.385. The molecule has 1 saturated heterocycles. The summed E-state index contributed by atoms with van der Waals surface area (Å²) in [6, 6.07) is 5.22. The van der Waals surface area contributed by atoms with Crippen molar-refractivity contribution in [3.05, 3.63) is 39.9 Å². The lowest BCUT2D eigenvalue weighted by Gasteiger charge is -2.29. The van der Waals surface area contributed by atoms with Gasteiger partial charge >= 0.3 is 0 Å². The van der Waals surface area contributed by atoms with Crippen molar-refractivity contribution < 1.29 is 0 Å². The molecule has 0 unspecified atom stereocenters. The lowest BCUT2D eigenvalue weighted by atomic mass is 10.2. The first-order valence-corrected chi connectivity index (χ1v) is 6.56. The van der Waals surface area contributed by atoms with Gasteiger partial charge in [0.15, 0.2) is 0 Å². The molecule has 1 aliphatic heterocycles. The largest absolute Gasteiger partial charge is 0.309 e. The third-order valence-electron chi connectivity index (χ3n) is 3.34. The lowest BCUT2D eigenvalue weighted by Crippen LogP contribution is -2.45. The van der Waals surface area contributed by atoms with Crippen LogP contribution in [0.15, 0.2) is 29.3 Å². The molecule has 1 aromatic heterocycles. The number of piperidine rings is 1. The zero-order chi connectivity index (χ0) is 12.5. The van der Waals surface area contributed by atoms with E-state index in [0.717, 1.165) is 25.9 Å². The number of hydrogen-bond donors (Lipinski definition) is 0. The van der Waals surface area contributed by atoms with Gasteiger partial charge in [-0.05, 0) is 37.5 Å². The normalized spacial score (nSPS) is 16.2. The standard InChI is InChI=1S/C13H14ClN3O/c14-10-4-5-12-11(8-10)13(18)17(9-15-12)16-6-2-1-3-7-16/h4-5,8-9H,1-3,6-7H2. The van der Waals surface area contributed by atoms with Crippen molar-refractivity contribution in [2.45, 2.75) is 19.3 Å². The van der Waals surface area contributed by atoms with Gasteiger partial charge in [0.2, 0.25) is 0 Å². The topological polar surface area (TPSA) is 38.1 Å². The zero-order valence-electron chi connectivity index (χ0n) is 9.97. The van der Waals surface area contributed by atoms with Crippen LogP contribution < -0.4 is 10.6 Å². The summed E-state index contributed by atoms with van der Waals surface area (Å²) in [6.45, 7) is 1.82. The summed E-state index contributed by atoms with van der Waals surface area (Å²) in [5.41, 5.74) is 0.655. The van der Waals surface area contributed by atoms with Crippen LogP contribution in [0.1, 0.15) is 19.3 Å². The Labute approximate surface area is 110 Å². The van der Waals surface area contributed by atoms with Gasteiger partial charge in [0.1, 0.15) is 6.33 Å². The molecule has 1 fully saturated rings. The predicted octanol–water partition coefficient (Wildman–Crippen LogP) is 2.17. The Balaban J connectivity index is 2.13. The first-order chi connectivity index (χ1) is 8.75. The molecular formula is C13H14ClN3O. The van der Waals surface area contributed by atoms with Gasteiger partial charge in [0.25, 0.3) is 5.56 Å². The van der Waals surface area contributed by atoms with Crippen molar-refractivity contribution in [3.63, 3.8) is 0 Å². The summed E-state index contributed by atoms with van der Waals surface area (Å²) in [5, 5.41) is 3.20. The molecule has 2 aromatic rings. The number of nitrogens with zero attached hydrogens (tertiary/aromatic N) is 3. The maximum absolute atomic E-state index is 12.4. The molecule has 1 aromatic carbocycles. The van der Waals surface area contributed by atoms with Gasteiger partial charge < -0.3 is 5.01 Å². The molecule has 0 spiro atoms. The van der Waals surface area contributed by atoms with E-state index in [2.05, 4.69) is 9.99 Å². The average Bonchev–Trinajstić information content (AvgIpc) is 2.41. The fourth-order valence-electron chi connectivity index (χ4n) is 2.38. The summed E-state index contributed by atoms with van der Waals surface area (Å²) < 4.78 is 1.62. The summed E-state index contributed by atoms with van der Waals surface area (Å²) in [5.74, 6) is 0. The smallest absolute Gasteiger partial charge is 0.279 e. The van der Waals surface area contributed by atoms with E-state index in [1.54, 1.807) is 29.2 Å². The van der Waals surface area contributed by atoms with Gasteiger partial charge in [-0.3, -0.25) is 4.79 Å². The number of halogens is 1. The van der Waals surface area contributed by atoms with Crippen LogP contribution in [0.4, 0.5) is 0 Å². The van der Waals surface area contributed by atoms with E-state index in [9.17, 15) is 4.79 Å². The van der Waals surface area contributed by atoms with Crippen LogP contribution >= 0.6 is 11.6 Å².